The molecule has 300 valence electrons. The van der Waals surface area contributed by atoms with E-state index < -0.39 is 66.1 Å². The molecule has 4 rings (SSSR count). The van der Waals surface area contributed by atoms with Crippen molar-refractivity contribution in [2.45, 2.75) is 109 Å². The van der Waals surface area contributed by atoms with Gasteiger partial charge >= 0.3 is 30.0 Å². The number of ether oxygens (including phenoxy) is 7. The molecular formula is C41H53NO13. The monoisotopic (exact) mass is 767 g/mol. The van der Waals surface area contributed by atoms with Crippen LogP contribution in [0.4, 0.5) is 4.79 Å². The fourth-order valence-corrected chi connectivity index (χ4v) is 6.30. The van der Waals surface area contributed by atoms with Crippen molar-refractivity contribution in [3.8, 4) is 5.75 Å². The zero-order chi connectivity index (χ0) is 39.8. The highest BCUT2D eigenvalue weighted by atomic mass is 16.7. The average molecular weight is 768 g/mol. The Bertz CT molecular complexity index is 1640. The summed E-state index contributed by atoms with van der Waals surface area (Å²) < 4.78 is 40.0. The van der Waals surface area contributed by atoms with Crippen molar-refractivity contribution in [1.82, 2.24) is 5.32 Å². The summed E-state index contributed by atoms with van der Waals surface area (Å²) in [5.74, 6) is -5.13. The van der Waals surface area contributed by atoms with E-state index >= 15 is 0 Å². The third-order valence-electron chi connectivity index (χ3n) is 9.45. The molecule has 0 saturated carbocycles. The number of carbonyl (C=O) groups is 5. The highest BCUT2D eigenvalue weighted by Gasteiger charge is 2.59. The molecule has 0 aliphatic carbocycles. The number of alkyl carbamates (subject to hydrolysis) is 1. The van der Waals surface area contributed by atoms with E-state index in [9.17, 15) is 29.1 Å². The molecule has 2 bridgehead atoms. The topological polar surface area (TPSA) is 182 Å². The lowest BCUT2D eigenvalue weighted by Gasteiger charge is -2.51. The minimum atomic E-state index is -2.41. The molecule has 2 aromatic carbocycles. The molecule has 1 amide bonds. The number of cyclic esters (lactones) is 2. The van der Waals surface area contributed by atoms with Crippen molar-refractivity contribution in [2.75, 3.05) is 26.9 Å². The molecule has 1 fully saturated rings. The Morgan fingerprint density at radius 2 is 1.71 bits per heavy atom. The van der Waals surface area contributed by atoms with Crippen molar-refractivity contribution < 1.29 is 62.2 Å². The third kappa shape index (κ3) is 12.5. The predicted octanol–water partition coefficient (Wildman–Crippen LogP) is 5.73. The maximum Gasteiger partial charge on any atom is 0.407 e. The summed E-state index contributed by atoms with van der Waals surface area (Å²) in [5, 5.41) is 15.3. The minimum absolute atomic E-state index is 0.0547. The number of amides is 1. The van der Waals surface area contributed by atoms with Gasteiger partial charge in [-0.25, -0.2) is 14.4 Å². The highest BCUT2D eigenvalue weighted by molar-refractivity contribution is 5.92. The number of carbonyl (C=O) groups excluding carboxylic acids is 5. The summed E-state index contributed by atoms with van der Waals surface area (Å²) in [4.78, 5) is 65.3. The SMILES string of the molecule is CCCCCCCC(=O)O[C@H]1/C(=C/C(=O)OC)C[C@H]2C[C@H](COC(=O)NCc3ccccc3)OC(=O)CCOc3ccccc3C(=O)OCC(C)(C)[C@]1(O)O2. The molecule has 2 N–H and O–H groups in total. The van der Waals surface area contributed by atoms with Crippen LogP contribution in [0.5, 0.6) is 5.75 Å². The van der Waals surface area contributed by atoms with Crippen LogP contribution >= 0.6 is 0 Å². The van der Waals surface area contributed by atoms with Gasteiger partial charge in [0.25, 0.3) is 0 Å². The number of hydrogen-bond donors (Lipinski definition) is 2. The lowest BCUT2D eigenvalue weighted by Crippen LogP contribution is -2.63. The average Bonchev–Trinajstić information content (AvgIpc) is 3.16. The molecule has 2 heterocycles. The number of unbranched alkanes of at least 4 members (excludes halogenated alkanes) is 4. The van der Waals surface area contributed by atoms with Crippen molar-refractivity contribution in [3.05, 3.63) is 77.4 Å². The van der Waals surface area contributed by atoms with Gasteiger partial charge in [-0.05, 0) is 36.1 Å². The number of benzene rings is 2. The van der Waals surface area contributed by atoms with Crippen molar-refractivity contribution in [3.63, 3.8) is 0 Å². The number of fused-ring (bicyclic) bond motifs is 3. The maximum absolute atomic E-state index is 13.4. The van der Waals surface area contributed by atoms with Gasteiger partial charge < -0.3 is 43.6 Å². The van der Waals surface area contributed by atoms with Gasteiger partial charge in [0.1, 0.15) is 30.6 Å². The second-order valence-electron chi connectivity index (χ2n) is 14.3. The van der Waals surface area contributed by atoms with E-state index in [-0.39, 0.29) is 62.3 Å². The van der Waals surface area contributed by atoms with Gasteiger partial charge in [-0.3, -0.25) is 9.59 Å². The molecule has 0 unspecified atom stereocenters. The summed E-state index contributed by atoms with van der Waals surface area (Å²) in [7, 11) is 1.18. The van der Waals surface area contributed by atoms with Crippen LogP contribution in [-0.4, -0.2) is 86.1 Å². The van der Waals surface area contributed by atoms with E-state index in [0.717, 1.165) is 37.3 Å². The first-order chi connectivity index (χ1) is 26.3. The standard InChI is InChI=1S/C41H53NO13/c1-5-6-7-8-12-19-34(43)54-37-29(23-36(45)49-4)22-30-24-31(26-51-39(47)42-25-28-15-10-9-11-16-28)53-35(44)20-21-50-33-18-14-13-17-32(33)38(46)52-27-40(2,3)41(37,48)55-30/h9-11,13-18,23,30-31,37,48H,5-8,12,19-22,24-27H2,1-4H3,(H,42,47)/b29-23+/t30-,31+,37-,41+/m0/s1. The van der Waals surface area contributed by atoms with Crippen LogP contribution in [0, 0.1) is 5.41 Å². The van der Waals surface area contributed by atoms with Gasteiger partial charge in [0.05, 0.1) is 31.7 Å². The molecule has 14 heteroatoms. The molecule has 1 saturated heterocycles. The Labute approximate surface area is 321 Å². The lowest BCUT2D eigenvalue weighted by molar-refractivity contribution is -0.340. The zero-order valence-electron chi connectivity index (χ0n) is 32.0. The molecule has 0 aromatic heterocycles. The smallest absolute Gasteiger partial charge is 0.407 e. The van der Waals surface area contributed by atoms with E-state index in [4.69, 9.17) is 33.2 Å². The summed E-state index contributed by atoms with van der Waals surface area (Å²) in [6, 6.07) is 15.5. The molecule has 0 spiro atoms. The first kappa shape index (κ1) is 42.8. The van der Waals surface area contributed by atoms with Crippen LogP contribution < -0.4 is 10.1 Å². The second-order valence-corrected chi connectivity index (χ2v) is 14.3. The third-order valence-corrected chi connectivity index (χ3v) is 9.45. The van der Waals surface area contributed by atoms with Gasteiger partial charge in [0.2, 0.25) is 5.79 Å². The fourth-order valence-electron chi connectivity index (χ4n) is 6.30. The molecule has 2 aliphatic rings. The molecular weight excluding hydrogens is 714 g/mol. The summed E-state index contributed by atoms with van der Waals surface area (Å²) in [6.07, 6.45) is 0.735. The number of aliphatic hydroxyl groups is 1. The largest absolute Gasteiger partial charge is 0.492 e. The Kier molecular flexibility index (Phi) is 16.1. The fraction of sp³-hybridized carbons (Fsp3) is 0.537. The van der Waals surface area contributed by atoms with Crippen LogP contribution in [0.3, 0.4) is 0 Å². The van der Waals surface area contributed by atoms with Gasteiger partial charge in [-0.2, -0.15) is 0 Å². The summed E-state index contributed by atoms with van der Waals surface area (Å²) in [5.41, 5.74) is -0.429. The minimum Gasteiger partial charge on any atom is -0.492 e. The van der Waals surface area contributed by atoms with Gasteiger partial charge in [0.15, 0.2) is 6.10 Å². The molecule has 4 atom stereocenters. The van der Waals surface area contributed by atoms with Crippen LogP contribution in [0.25, 0.3) is 0 Å². The quantitative estimate of drug-likeness (QED) is 0.116. The summed E-state index contributed by atoms with van der Waals surface area (Å²) in [6.45, 7) is 4.45. The normalized spacial score (nSPS) is 23.6. The zero-order valence-corrected chi connectivity index (χ0v) is 32.0. The molecule has 14 nitrogen and oxygen atoms in total. The predicted molar refractivity (Wildman–Crippen MR) is 198 cm³/mol. The van der Waals surface area contributed by atoms with E-state index in [1.54, 1.807) is 32.0 Å². The van der Waals surface area contributed by atoms with E-state index in [1.165, 1.54) is 13.2 Å². The maximum atomic E-state index is 13.4. The first-order valence-electron chi connectivity index (χ1n) is 18.8. The van der Waals surface area contributed by atoms with E-state index in [0.29, 0.717) is 6.42 Å². The first-order valence-corrected chi connectivity index (χ1v) is 18.8. The Hall–Kier alpha value is -4.95. The van der Waals surface area contributed by atoms with Gasteiger partial charge in [0, 0.05) is 25.5 Å². The van der Waals surface area contributed by atoms with E-state index in [2.05, 4.69) is 12.2 Å². The number of esters is 4. The van der Waals surface area contributed by atoms with Crippen molar-refractivity contribution >= 4 is 30.0 Å². The molecule has 55 heavy (non-hydrogen) atoms. The molecule has 0 radical (unpaired) electrons. The number of hydrogen-bond acceptors (Lipinski definition) is 13. The number of rotatable bonds is 12. The Balaban J connectivity index is 1.67. The highest BCUT2D eigenvalue weighted by Crippen LogP contribution is 2.46. The Morgan fingerprint density at radius 3 is 2.45 bits per heavy atom. The Morgan fingerprint density at radius 1 is 0.982 bits per heavy atom. The van der Waals surface area contributed by atoms with Crippen molar-refractivity contribution in [1.29, 1.82) is 0 Å². The van der Waals surface area contributed by atoms with Gasteiger partial charge in [-0.1, -0.05) is 88.9 Å². The van der Waals surface area contributed by atoms with Crippen LogP contribution in [-0.2, 0) is 49.3 Å². The molecule has 2 aromatic rings. The second kappa shape index (κ2) is 20.7. The van der Waals surface area contributed by atoms with Crippen LogP contribution in [0.15, 0.2) is 66.2 Å². The number of nitrogens with one attached hydrogen (secondary N) is 1. The van der Waals surface area contributed by atoms with Crippen molar-refractivity contribution in [2.24, 2.45) is 5.41 Å². The number of methoxy groups -OCH3 is 1. The van der Waals surface area contributed by atoms with Crippen LogP contribution in [0.2, 0.25) is 0 Å². The molecule has 2 aliphatic heterocycles. The van der Waals surface area contributed by atoms with Crippen LogP contribution in [0.1, 0.15) is 94.5 Å². The lowest BCUT2D eigenvalue weighted by atomic mass is 9.75. The summed E-state index contributed by atoms with van der Waals surface area (Å²) >= 11 is 0. The number of para-hydroxylation sites is 1. The van der Waals surface area contributed by atoms with Gasteiger partial charge in [-0.15, -0.1) is 0 Å². The van der Waals surface area contributed by atoms with E-state index in [1.807, 2.05) is 30.3 Å².